The quantitative estimate of drug-likeness (QED) is 0.694. The van der Waals surface area contributed by atoms with E-state index in [4.69, 9.17) is 15.2 Å². The third-order valence-electron chi connectivity index (χ3n) is 3.83. The molecule has 1 rings (SSSR count). The van der Waals surface area contributed by atoms with Crippen molar-refractivity contribution in [1.29, 1.82) is 0 Å². The molecule has 22 heavy (non-hydrogen) atoms. The fourth-order valence-electron chi connectivity index (χ4n) is 2.64. The summed E-state index contributed by atoms with van der Waals surface area (Å²) in [4.78, 5) is 0. The Morgan fingerprint density at radius 1 is 1.14 bits per heavy atom. The van der Waals surface area contributed by atoms with E-state index in [9.17, 15) is 5.11 Å². The maximum atomic E-state index is 10.3. The van der Waals surface area contributed by atoms with Crippen molar-refractivity contribution < 1.29 is 14.6 Å². The Hall–Kier alpha value is -1.26. The molecule has 126 valence electrons. The first kappa shape index (κ1) is 18.8. The van der Waals surface area contributed by atoms with Crippen LogP contribution in [0.2, 0.25) is 0 Å². The van der Waals surface area contributed by atoms with E-state index in [1.54, 1.807) is 0 Å². The van der Waals surface area contributed by atoms with Crippen LogP contribution in [0.3, 0.4) is 0 Å². The van der Waals surface area contributed by atoms with Crippen molar-refractivity contribution in [2.45, 2.75) is 65.0 Å². The molecule has 4 heteroatoms. The van der Waals surface area contributed by atoms with Gasteiger partial charge < -0.3 is 20.3 Å². The summed E-state index contributed by atoms with van der Waals surface area (Å²) in [5.41, 5.74) is 7.09. The molecule has 4 nitrogen and oxygen atoms in total. The molecule has 0 fully saturated rings. The van der Waals surface area contributed by atoms with Crippen LogP contribution in [0, 0.1) is 0 Å². The molecule has 3 N–H and O–H groups in total. The number of aliphatic hydroxyl groups is 1. The van der Waals surface area contributed by atoms with E-state index in [1.165, 1.54) is 0 Å². The Morgan fingerprint density at radius 2 is 1.82 bits per heavy atom. The zero-order valence-corrected chi connectivity index (χ0v) is 14.3. The Kier molecular flexibility index (Phi) is 8.28. The predicted molar refractivity (Wildman–Crippen MR) is 90.7 cm³/mol. The summed E-state index contributed by atoms with van der Waals surface area (Å²) in [5.74, 6) is 1.84. The van der Waals surface area contributed by atoms with Crippen LogP contribution in [0.5, 0.6) is 11.5 Å². The van der Waals surface area contributed by atoms with Gasteiger partial charge in [-0.15, -0.1) is 0 Å². The van der Waals surface area contributed by atoms with Gasteiger partial charge >= 0.3 is 0 Å². The van der Waals surface area contributed by atoms with E-state index >= 15 is 0 Å². The summed E-state index contributed by atoms with van der Waals surface area (Å²) in [6.07, 6.45) is 1.94. The van der Waals surface area contributed by atoms with E-state index in [0.717, 1.165) is 29.9 Å². The van der Waals surface area contributed by atoms with Gasteiger partial charge in [0.15, 0.2) is 0 Å². The highest BCUT2D eigenvalue weighted by molar-refractivity contribution is 5.42. The molecule has 1 aromatic carbocycles. The fourth-order valence-corrected chi connectivity index (χ4v) is 2.64. The van der Waals surface area contributed by atoms with Gasteiger partial charge in [0.1, 0.15) is 11.5 Å². The lowest BCUT2D eigenvalue weighted by molar-refractivity contribution is 0.123. The van der Waals surface area contributed by atoms with E-state index in [0.29, 0.717) is 19.6 Å². The van der Waals surface area contributed by atoms with Crippen molar-refractivity contribution in [2.75, 3.05) is 13.2 Å². The van der Waals surface area contributed by atoms with Gasteiger partial charge in [0.25, 0.3) is 0 Å². The summed E-state index contributed by atoms with van der Waals surface area (Å²) >= 11 is 0. The van der Waals surface area contributed by atoms with Crippen LogP contribution in [0.25, 0.3) is 0 Å². The zero-order chi connectivity index (χ0) is 16.5. The maximum absolute atomic E-state index is 10.3. The second-order valence-electron chi connectivity index (χ2n) is 5.72. The molecule has 3 atom stereocenters. The largest absolute Gasteiger partial charge is 0.494 e. The number of hydrogen-bond donors (Lipinski definition) is 2. The number of rotatable bonds is 10. The lowest BCUT2D eigenvalue weighted by Crippen LogP contribution is -2.35. The first-order valence-electron chi connectivity index (χ1n) is 8.36. The minimum atomic E-state index is -0.500. The predicted octanol–water partition coefficient (Wildman–Crippen LogP) is 3.47. The van der Waals surface area contributed by atoms with Gasteiger partial charge in [0.2, 0.25) is 0 Å². The Bertz CT molecular complexity index is 436. The van der Waals surface area contributed by atoms with Crippen LogP contribution in [0.4, 0.5) is 0 Å². The molecule has 0 spiro atoms. The molecule has 0 heterocycles. The Labute approximate surface area is 134 Å². The highest BCUT2D eigenvalue weighted by atomic mass is 16.5. The molecule has 0 amide bonds. The van der Waals surface area contributed by atoms with E-state index in [-0.39, 0.29) is 12.0 Å². The van der Waals surface area contributed by atoms with Gasteiger partial charge in [-0.25, -0.2) is 0 Å². The minimum absolute atomic E-state index is 0.153. The molecule has 0 aliphatic heterocycles. The zero-order valence-electron chi connectivity index (χ0n) is 14.3. The second-order valence-corrected chi connectivity index (χ2v) is 5.72. The number of nitrogens with two attached hydrogens (primary N) is 1. The molecule has 0 saturated heterocycles. The van der Waals surface area contributed by atoms with Crippen molar-refractivity contribution in [3.05, 3.63) is 23.8 Å². The third kappa shape index (κ3) is 5.50. The van der Waals surface area contributed by atoms with Crippen molar-refractivity contribution in [3.8, 4) is 11.5 Å². The maximum Gasteiger partial charge on any atom is 0.123 e. The topological polar surface area (TPSA) is 64.7 Å². The molecule has 3 unspecified atom stereocenters. The average Bonchev–Trinajstić information content (AvgIpc) is 2.49. The van der Waals surface area contributed by atoms with Crippen LogP contribution < -0.4 is 15.2 Å². The van der Waals surface area contributed by atoms with Crippen LogP contribution in [0.15, 0.2) is 18.2 Å². The molecule has 1 aromatic rings. The lowest BCUT2D eigenvalue weighted by atomic mass is 9.90. The molecular weight excluding hydrogens is 278 g/mol. The van der Waals surface area contributed by atoms with Crippen LogP contribution in [-0.2, 0) is 0 Å². The Morgan fingerprint density at radius 3 is 2.41 bits per heavy atom. The normalized spacial score (nSPS) is 15.2. The second kappa shape index (κ2) is 9.70. The minimum Gasteiger partial charge on any atom is -0.494 e. The number of aliphatic hydroxyl groups excluding tert-OH is 1. The van der Waals surface area contributed by atoms with Crippen molar-refractivity contribution >= 4 is 0 Å². The van der Waals surface area contributed by atoms with Gasteiger partial charge in [0, 0.05) is 11.6 Å². The van der Waals surface area contributed by atoms with Crippen LogP contribution in [0.1, 0.15) is 58.4 Å². The highest BCUT2D eigenvalue weighted by Crippen LogP contribution is 2.33. The summed E-state index contributed by atoms with van der Waals surface area (Å²) in [7, 11) is 0. The van der Waals surface area contributed by atoms with Gasteiger partial charge in [-0.1, -0.05) is 20.3 Å². The molecule has 0 aromatic heterocycles. The van der Waals surface area contributed by atoms with Crippen molar-refractivity contribution in [2.24, 2.45) is 5.73 Å². The monoisotopic (exact) mass is 309 g/mol. The van der Waals surface area contributed by atoms with Gasteiger partial charge in [-0.2, -0.15) is 0 Å². The number of ether oxygens (including phenoxy) is 2. The smallest absolute Gasteiger partial charge is 0.123 e. The van der Waals surface area contributed by atoms with Gasteiger partial charge in [0.05, 0.1) is 19.3 Å². The van der Waals surface area contributed by atoms with E-state index in [2.05, 4.69) is 13.8 Å². The SMILES string of the molecule is CCCC(N)C(O)CC(C)c1cc(OCC)ccc1OCC. The average molecular weight is 309 g/mol. The highest BCUT2D eigenvalue weighted by Gasteiger charge is 2.21. The summed E-state index contributed by atoms with van der Waals surface area (Å²) < 4.78 is 11.3. The fraction of sp³-hybridized carbons (Fsp3) is 0.667. The molecule has 0 saturated carbocycles. The van der Waals surface area contributed by atoms with E-state index < -0.39 is 6.10 Å². The first-order chi connectivity index (χ1) is 10.5. The Balaban J connectivity index is 2.88. The van der Waals surface area contributed by atoms with Gasteiger partial charge in [-0.05, 0) is 50.8 Å². The lowest BCUT2D eigenvalue weighted by Gasteiger charge is -2.23. The molecular formula is C18H31NO3. The van der Waals surface area contributed by atoms with Crippen molar-refractivity contribution in [1.82, 2.24) is 0 Å². The molecule has 0 aliphatic carbocycles. The van der Waals surface area contributed by atoms with Crippen molar-refractivity contribution in [3.63, 3.8) is 0 Å². The molecule has 0 bridgehead atoms. The van der Waals surface area contributed by atoms with E-state index in [1.807, 2.05) is 32.0 Å². The standard InChI is InChI=1S/C18H31NO3/c1-5-8-16(19)17(20)11-13(4)15-12-14(21-6-2)9-10-18(15)22-7-3/h9-10,12-13,16-17,20H,5-8,11,19H2,1-4H3. The van der Waals surface area contributed by atoms with Gasteiger partial charge in [-0.3, -0.25) is 0 Å². The summed E-state index contributed by atoms with van der Waals surface area (Å²) in [6, 6.07) is 5.71. The molecule has 0 radical (unpaired) electrons. The third-order valence-corrected chi connectivity index (χ3v) is 3.83. The number of hydrogen-bond acceptors (Lipinski definition) is 4. The van der Waals surface area contributed by atoms with Crippen LogP contribution >= 0.6 is 0 Å². The number of benzene rings is 1. The molecule has 0 aliphatic rings. The summed E-state index contributed by atoms with van der Waals surface area (Å²) in [5, 5.41) is 10.3. The summed E-state index contributed by atoms with van der Waals surface area (Å²) in [6.45, 7) is 9.35. The first-order valence-corrected chi connectivity index (χ1v) is 8.36. The van der Waals surface area contributed by atoms with Crippen LogP contribution in [-0.4, -0.2) is 30.5 Å².